The van der Waals surface area contributed by atoms with Crippen molar-refractivity contribution in [2.24, 2.45) is 5.84 Å². The van der Waals surface area contributed by atoms with Crippen molar-refractivity contribution in [2.75, 3.05) is 12.0 Å². The van der Waals surface area contributed by atoms with Crippen molar-refractivity contribution in [1.29, 1.82) is 0 Å². The molecule has 5 heteroatoms. The van der Waals surface area contributed by atoms with Crippen LogP contribution in [0.25, 0.3) is 0 Å². The lowest BCUT2D eigenvalue weighted by Gasteiger charge is -2.09. The molecule has 14 heavy (non-hydrogen) atoms. The first-order valence-electron chi connectivity index (χ1n) is 4.13. The number of esters is 1. The van der Waals surface area contributed by atoms with Gasteiger partial charge in [-0.05, 0) is 41.6 Å². The van der Waals surface area contributed by atoms with Crippen LogP contribution < -0.4 is 11.3 Å². The number of benzene rings is 1. The van der Waals surface area contributed by atoms with Gasteiger partial charge in [0.2, 0.25) is 0 Å². The Morgan fingerprint density at radius 1 is 1.64 bits per heavy atom. The number of nitrogen functional groups attached to an aromatic ring is 1. The van der Waals surface area contributed by atoms with E-state index in [4.69, 9.17) is 10.6 Å². The highest BCUT2D eigenvalue weighted by Gasteiger charge is 2.13. The second kappa shape index (κ2) is 5.16. The smallest absolute Gasteiger partial charge is 0.340 e. The molecule has 4 nitrogen and oxygen atoms in total. The van der Waals surface area contributed by atoms with Crippen LogP contribution in [0.5, 0.6) is 0 Å². The molecule has 0 saturated heterocycles. The molecule has 0 aromatic heterocycles. The van der Waals surface area contributed by atoms with E-state index in [2.05, 4.69) is 28.0 Å². The van der Waals surface area contributed by atoms with E-state index in [9.17, 15) is 4.79 Å². The van der Waals surface area contributed by atoms with Crippen LogP contribution in [0.2, 0.25) is 0 Å². The maximum atomic E-state index is 11.5. The summed E-state index contributed by atoms with van der Waals surface area (Å²) < 4.78 is 5.77. The molecule has 0 radical (unpaired) electrons. The van der Waals surface area contributed by atoms with Gasteiger partial charge in [0.25, 0.3) is 0 Å². The summed E-state index contributed by atoms with van der Waals surface area (Å²) in [6, 6.07) is 5.32. The van der Waals surface area contributed by atoms with Gasteiger partial charge < -0.3 is 10.2 Å². The van der Waals surface area contributed by atoms with Crippen molar-refractivity contribution in [1.82, 2.24) is 0 Å². The van der Waals surface area contributed by atoms with Gasteiger partial charge >= 0.3 is 5.97 Å². The second-order valence-electron chi connectivity index (χ2n) is 2.53. The number of anilines is 1. The molecule has 0 saturated carbocycles. The van der Waals surface area contributed by atoms with Gasteiger partial charge in [-0.1, -0.05) is 6.07 Å². The lowest BCUT2D eigenvalue weighted by molar-refractivity contribution is 0.0527. The van der Waals surface area contributed by atoms with Gasteiger partial charge in [0, 0.05) is 3.57 Å². The lowest BCUT2D eigenvalue weighted by atomic mass is 10.2. The van der Waals surface area contributed by atoms with Crippen LogP contribution in [0.4, 0.5) is 5.69 Å². The van der Waals surface area contributed by atoms with Gasteiger partial charge in [0.1, 0.15) is 0 Å². The second-order valence-corrected chi connectivity index (χ2v) is 3.69. The zero-order chi connectivity index (χ0) is 10.6. The van der Waals surface area contributed by atoms with Crippen LogP contribution in [-0.4, -0.2) is 12.6 Å². The molecule has 0 unspecified atom stereocenters. The molecule has 0 fully saturated rings. The highest BCUT2D eigenvalue weighted by molar-refractivity contribution is 14.1. The number of nitrogens with two attached hydrogens (primary N) is 1. The lowest BCUT2D eigenvalue weighted by Crippen LogP contribution is -2.15. The molecule has 0 atom stereocenters. The number of hydrogen-bond acceptors (Lipinski definition) is 4. The summed E-state index contributed by atoms with van der Waals surface area (Å²) in [5, 5.41) is 0. The molecule has 0 aliphatic heterocycles. The first-order valence-corrected chi connectivity index (χ1v) is 5.20. The van der Waals surface area contributed by atoms with E-state index in [0.717, 1.165) is 3.57 Å². The van der Waals surface area contributed by atoms with Crippen LogP contribution in [0, 0.1) is 3.57 Å². The third kappa shape index (κ3) is 2.36. The average Bonchev–Trinajstić information content (AvgIpc) is 2.17. The summed E-state index contributed by atoms with van der Waals surface area (Å²) in [6.07, 6.45) is 0. The molecule has 0 spiro atoms. The first-order chi connectivity index (χ1) is 6.70. The molecule has 1 aromatic carbocycles. The molecule has 0 bridgehead atoms. The molecule has 0 aliphatic carbocycles. The summed E-state index contributed by atoms with van der Waals surface area (Å²) in [6.45, 7) is 2.12. The number of ether oxygens (including phenoxy) is 1. The summed E-state index contributed by atoms with van der Waals surface area (Å²) in [5.41, 5.74) is 3.56. The fraction of sp³-hybridized carbons (Fsp3) is 0.222. The number of carbonyl (C=O) groups is 1. The van der Waals surface area contributed by atoms with Crippen LogP contribution in [0.3, 0.4) is 0 Å². The van der Waals surface area contributed by atoms with Crippen LogP contribution in [0.15, 0.2) is 18.2 Å². The van der Waals surface area contributed by atoms with Crippen molar-refractivity contribution in [3.8, 4) is 0 Å². The van der Waals surface area contributed by atoms with Gasteiger partial charge in [-0.15, -0.1) is 0 Å². The maximum Gasteiger partial charge on any atom is 0.340 e. The summed E-state index contributed by atoms with van der Waals surface area (Å²) in [4.78, 5) is 11.5. The van der Waals surface area contributed by atoms with E-state index in [1.807, 2.05) is 6.07 Å². The van der Waals surface area contributed by atoms with Crippen LogP contribution >= 0.6 is 22.6 Å². The molecule has 3 N–H and O–H groups in total. The van der Waals surface area contributed by atoms with Crippen LogP contribution in [-0.2, 0) is 4.74 Å². The molecule has 0 amide bonds. The van der Waals surface area contributed by atoms with E-state index in [1.165, 1.54) is 0 Å². The normalized spacial score (nSPS) is 9.64. The van der Waals surface area contributed by atoms with Crippen molar-refractivity contribution in [3.63, 3.8) is 0 Å². The molecule has 76 valence electrons. The number of hydrogen-bond donors (Lipinski definition) is 2. The Morgan fingerprint density at radius 3 is 2.93 bits per heavy atom. The Balaban J connectivity index is 3.07. The summed E-state index contributed by atoms with van der Waals surface area (Å²) in [7, 11) is 0. The Hall–Kier alpha value is -0.820. The number of carbonyl (C=O) groups excluding carboxylic acids is 1. The van der Waals surface area contributed by atoms with Crippen molar-refractivity contribution < 1.29 is 9.53 Å². The zero-order valence-electron chi connectivity index (χ0n) is 7.71. The van der Waals surface area contributed by atoms with Gasteiger partial charge in [-0.25, -0.2) is 4.79 Å². The fourth-order valence-electron chi connectivity index (χ4n) is 1.05. The number of para-hydroxylation sites is 1. The quantitative estimate of drug-likeness (QED) is 0.386. The highest BCUT2D eigenvalue weighted by atomic mass is 127. The monoisotopic (exact) mass is 306 g/mol. The molecular weight excluding hydrogens is 295 g/mol. The summed E-state index contributed by atoms with van der Waals surface area (Å²) >= 11 is 2.10. The van der Waals surface area contributed by atoms with Gasteiger partial charge in [0.15, 0.2) is 0 Å². The predicted molar refractivity (Wildman–Crippen MR) is 62.9 cm³/mol. The Bertz CT molecular complexity index is 342. The standard InChI is InChI=1S/C9H11IN2O2/c1-2-14-9(13)6-4-3-5-7(10)8(6)12-11/h3-5,12H,2,11H2,1H3. The predicted octanol–water partition coefficient (Wildman–Crippen LogP) is 1.75. The SMILES string of the molecule is CCOC(=O)c1cccc(I)c1NN. The summed E-state index contributed by atoms with van der Waals surface area (Å²) in [5.74, 6) is 4.96. The van der Waals surface area contributed by atoms with E-state index >= 15 is 0 Å². The number of rotatable bonds is 3. The average molecular weight is 306 g/mol. The number of halogens is 1. The van der Waals surface area contributed by atoms with E-state index in [1.54, 1.807) is 19.1 Å². The largest absolute Gasteiger partial charge is 0.462 e. The first kappa shape index (κ1) is 11.3. The minimum atomic E-state index is -0.362. The third-order valence-corrected chi connectivity index (χ3v) is 2.55. The van der Waals surface area contributed by atoms with Crippen LogP contribution in [0.1, 0.15) is 17.3 Å². The Labute approximate surface area is 95.9 Å². The topological polar surface area (TPSA) is 64.3 Å². The van der Waals surface area contributed by atoms with Crippen molar-refractivity contribution in [2.45, 2.75) is 6.92 Å². The van der Waals surface area contributed by atoms with Crippen molar-refractivity contribution >= 4 is 34.2 Å². The fourth-order valence-corrected chi connectivity index (χ4v) is 1.70. The van der Waals surface area contributed by atoms with E-state index in [-0.39, 0.29) is 5.97 Å². The number of hydrazine groups is 1. The molecule has 0 heterocycles. The van der Waals surface area contributed by atoms with E-state index < -0.39 is 0 Å². The Morgan fingerprint density at radius 2 is 2.36 bits per heavy atom. The number of nitrogens with one attached hydrogen (secondary N) is 1. The third-order valence-electron chi connectivity index (χ3n) is 1.65. The van der Waals surface area contributed by atoms with Gasteiger partial charge in [0.05, 0.1) is 17.9 Å². The van der Waals surface area contributed by atoms with Gasteiger partial charge in [-0.3, -0.25) is 5.84 Å². The molecule has 1 aromatic rings. The molecule has 0 aliphatic rings. The van der Waals surface area contributed by atoms with Crippen molar-refractivity contribution in [3.05, 3.63) is 27.3 Å². The molecule has 1 rings (SSSR count). The van der Waals surface area contributed by atoms with Gasteiger partial charge in [-0.2, -0.15) is 0 Å². The minimum Gasteiger partial charge on any atom is -0.462 e. The molecular formula is C9H11IN2O2. The minimum absolute atomic E-state index is 0.355. The maximum absolute atomic E-state index is 11.5. The Kier molecular flexibility index (Phi) is 4.15. The zero-order valence-corrected chi connectivity index (χ0v) is 9.87. The van der Waals surface area contributed by atoms with E-state index in [0.29, 0.717) is 17.9 Å². The highest BCUT2D eigenvalue weighted by Crippen LogP contribution is 2.22.